The Bertz CT molecular complexity index is 408. The molecule has 0 radical (unpaired) electrons. The molecular weight excluding hydrogens is 284 g/mol. The minimum absolute atomic E-state index is 0.164. The van der Waals surface area contributed by atoms with Gasteiger partial charge >= 0.3 is 0 Å². The van der Waals surface area contributed by atoms with Gasteiger partial charge in [0, 0.05) is 18.5 Å². The highest BCUT2D eigenvalue weighted by Crippen LogP contribution is 2.20. The highest BCUT2D eigenvalue weighted by Gasteiger charge is 2.13. The van der Waals surface area contributed by atoms with E-state index in [1.165, 1.54) is 0 Å². The van der Waals surface area contributed by atoms with Gasteiger partial charge in [0.25, 0.3) is 0 Å². The van der Waals surface area contributed by atoms with Crippen molar-refractivity contribution in [1.82, 2.24) is 9.97 Å². The monoisotopic (exact) mass is 300 g/mol. The molecule has 0 aliphatic rings. The second kappa shape index (κ2) is 5.95. The van der Waals surface area contributed by atoms with E-state index in [-0.39, 0.29) is 18.4 Å². The molecule has 2 N–H and O–H groups in total. The average Bonchev–Trinajstić information content (AvgIpc) is 2.24. The fraction of sp³-hybridized carbons (Fsp3) is 0.545. The molecule has 1 rings (SSSR count). The molecule has 1 aromatic heterocycles. The summed E-state index contributed by atoms with van der Waals surface area (Å²) in [5, 5.41) is 0. The quantitative estimate of drug-likeness (QED) is 0.840. The number of nitrogens with two attached hydrogens (primary N) is 1. The van der Waals surface area contributed by atoms with E-state index >= 15 is 0 Å². The van der Waals surface area contributed by atoms with Crippen molar-refractivity contribution in [3.63, 3.8) is 0 Å². The molecule has 5 nitrogen and oxygen atoms in total. The van der Waals surface area contributed by atoms with Gasteiger partial charge in [-0.3, -0.25) is 4.79 Å². The number of nitrogens with zero attached hydrogens (tertiary/aromatic N) is 3. The van der Waals surface area contributed by atoms with Crippen molar-refractivity contribution in [3.8, 4) is 0 Å². The van der Waals surface area contributed by atoms with Crippen molar-refractivity contribution >= 4 is 27.7 Å². The van der Waals surface area contributed by atoms with Gasteiger partial charge in [0.15, 0.2) is 0 Å². The second-order valence-electron chi connectivity index (χ2n) is 4.04. The summed E-state index contributed by atoms with van der Waals surface area (Å²) in [7, 11) is 0. The van der Waals surface area contributed by atoms with E-state index in [2.05, 4.69) is 25.9 Å². The number of aromatic nitrogens is 2. The zero-order valence-corrected chi connectivity index (χ0v) is 11.9. The number of carbonyl (C=O) groups is 1. The van der Waals surface area contributed by atoms with Crippen molar-refractivity contribution in [2.75, 3.05) is 18.0 Å². The van der Waals surface area contributed by atoms with Crippen LogP contribution in [0.3, 0.4) is 0 Å². The third kappa shape index (κ3) is 3.96. The summed E-state index contributed by atoms with van der Waals surface area (Å²) in [5.74, 6) is 1.33. The first-order valence-corrected chi connectivity index (χ1v) is 6.31. The fourth-order valence-corrected chi connectivity index (χ4v) is 1.77. The Morgan fingerprint density at radius 1 is 1.53 bits per heavy atom. The SMILES string of the molecule is CCN(CC(N)=O)c1cc(Br)nc(C(C)C)n1. The molecule has 1 heterocycles. The first kappa shape index (κ1) is 13.9. The lowest BCUT2D eigenvalue weighted by Crippen LogP contribution is -2.34. The Balaban J connectivity index is 3.06. The molecule has 0 saturated heterocycles. The number of hydrogen-bond donors (Lipinski definition) is 1. The first-order chi connectivity index (χ1) is 7.93. The molecule has 0 aliphatic heterocycles. The lowest BCUT2D eigenvalue weighted by atomic mass is 10.2. The van der Waals surface area contributed by atoms with Crippen LogP contribution in [0.4, 0.5) is 5.82 Å². The molecular formula is C11H17BrN4O. The molecule has 6 heteroatoms. The number of amides is 1. The van der Waals surface area contributed by atoms with Crippen LogP contribution in [0.25, 0.3) is 0 Å². The third-order valence-electron chi connectivity index (χ3n) is 2.27. The van der Waals surface area contributed by atoms with Gasteiger partial charge in [0.05, 0.1) is 6.54 Å². The van der Waals surface area contributed by atoms with E-state index < -0.39 is 0 Å². The Morgan fingerprint density at radius 2 is 2.18 bits per heavy atom. The Hall–Kier alpha value is -1.17. The van der Waals surface area contributed by atoms with Crippen LogP contribution in [0, 0.1) is 0 Å². The van der Waals surface area contributed by atoms with Crippen LogP contribution in [-0.4, -0.2) is 29.0 Å². The molecule has 94 valence electrons. The van der Waals surface area contributed by atoms with E-state index in [1.807, 2.05) is 25.7 Å². The fourth-order valence-electron chi connectivity index (χ4n) is 1.39. The number of carbonyl (C=O) groups excluding carboxylic acids is 1. The summed E-state index contributed by atoms with van der Waals surface area (Å²) in [5.41, 5.74) is 5.21. The standard InChI is InChI=1S/C11H17BrN4O/c1-4-16(6-9(13)17)10-5-8(12)14-11(15-10)7(2)3/h5,7H,4,6H2,1-3H3,(H2,13,17). The molecule has 0 bridgehead atoms. The minimum atomic E-state index is -0.368. The lowest BCUT2D eigenvalue weighted by molar-refractivity contribution is -0.116. The predicted molar refractivity (Wildman–Crippen MR) is 70.9 cm³/mol. The van der Waals surface area contributed by atoms with Crippen LogP contribution in [-0.2, 0) is 4.79 Å². The number of halogens is 1. The van der Waals surface area contributed by atoms with Crippen molar-refractivity contribution < 1.29 is 4.79 Å². The maximum absolute atomic E-state index is 11.0. The van der Waals surface area contributed by atoms with Gasteiger partial charge in [-0.05, 0) is 22.9 Å². The van der Waals surface area contributed by atoms with Gasteiger partial charge in [-0.25, -0.2) is 9.97 Å². The molecule has 1 amide bonds. The van der Waals surface area contributed by atoms with E-state index in [1.54, 1.807) is 6.07 Å². The minimum Gasteiger partial charge on any atom is -0.368 e. The van der Waals surface area contributed by atoms with E-state index in [0.29, 0.717) is 11.1 Å². The zero-order chi connectivity index (χ0) is 13.0. The van der Waals surface area contributed by atoms with Crippen LogP contribution < -0.4 is 10.6 Å². The summed E-state index contributed by atoms with van der Waals surface area (Å²) < 4.78 is 0.717. The first-order valence-electron chi connectivity index (χ1n) is 5.51. The lowest BCUT2D eigenvalue weighted by Gasteiger charge is -2.21. The number of hydrogen-bond acceptors (Lipinski definition) is 4. The molecule has 0 fully saturated rings. The number of primary amides is 1. The van der Waals surface area contributed by atoms with Gasteiger partial charge in [-0.1, -0.05) is 13.8 Å². The molecule has 0 spiro atoms. The summed E-state index contributed by atoms with van der Waals surface area (Å²) >= 11 is 3.35. The maximum atomic E-state index is 11.0. The van der Waals surface area contributed by atoms with Crippen LogP contribution in [0.2, 0.25) is 0 Å². The zero-order valence-electron chi connectivity index (χ0n) is 10.3. The average molecular weight is 301 g/mol. The van der Waals surface area contributed by atoms with Crippen molar-refractivity contribution in [3.05, 3.63) is 16.5 Å². The van der Waals surface area contributed by atoms with E-state index in [4.69, 9.17) is 5.73 Å². The van der Waals surface area contributed by atoms with E-state index in [0.717, 1.165) is 11.6 Å². The largest absolute Gasteiger partial charge is 0.368 e. The number of likely N-dealkylation sites (N-methyl/N-ethyl adjacent to an activating group) is 1. The molecule has 0 aromatic carbocycles. The highest BCUT2D eigenvalue weighted by atomic mass is 79.9. The molecule has 1 aromatic rings. The van der Waals surface area contributed by atoms with Crippen LogP contribution in [0.5, 0.6) is 0 Å². The topological polar surface area (TPSA) is 72.1 Å². The van der Waals surface area contributed by atoms with Gasteiger partial charge in [0.2, 0.25) is 5.91 Å². The normalized spacial score (nSPS) is 10.6. The van der Waals surface area contributed by atoms with Gasteiger partial charge in [-0.15, -0.1) is 0 Å². The van der Waals surface area contributed by atoms with Crippen LogP contribution in [0.15, 0.2) is 10.7 Å². The Morgan fingerprint density at radius 3 is 2.65 bits per heavy atom. The predicted octanol–water partition coefficient (Wildman–Crippen LogP) is 1.67. The number of anilines is 1. The van der Waals surface area contributed by atoms with Gasteiger partial charge < -0.3 is 10.6 Å². The summed E-state index contributed by atoms with van der Waals surface area (Å²) in [6, 6.07) is 1.79. The summed E-state index contributed by atoms with van der Waals surface area (Å²) in [6.45, 7) is 6.83. The Kier molecular flexibility index (Phi) is 4.86. The molecule has 0 atom stereocenters. The second-order valence-corrected chi connectivity index (χ2v) is 4.85. The molecule has 0 unspecified atom stereocenters. The van der Waals surface area contributed by atoms with Crippen molar-refractivity contribution in [1.29, 1.82) is 0 Å². The molecule has 0 aliphatic carbocycles. The Labute approximate surface area is 110 Å². The molecule has 0 saturated carbocycles. The summed E-state index contributed by atoms with van der Waals surface area (Å²) in [4.78, 5) is 21.5. The third-order valence-corrected chi connectivity index (χ3v) is 2.67. The maximum Gasteiger partial charge on any atom is 0.236 e. The van der Waals surface area contributed by atoms with Crippen molar-refractivity contribution in [2.24, 2.45) is 5.73 Å². The van der Waals surface area contributed by atoms with Crippen molar-refractivity contribution in [2.45, 2.75) is 26.7 Å². The summed E-state index contributed by atoms with van der Waals surface area (Å²) in [6.07, 6.45) is 0. The smallest absolute Gasteiger partial charge is 0.236 e. The number of rotatable bonds is 5. The van der Waals surface area contributed by atoms with Gasteiger partial charge in [-0.2, -0.15) is 0 Å². The van der Waals surface area contributed by atoms with Crippen LogP contribution >= 0.6 is 15.9 Å². The highest BCUT2D eigenvalue weighted by molar-refractivity contribution is 9.10. The van der Waals surface area contributed by atoms with Gasteiger partial charge in [0.1, 0.15) is 16.2 Å². The van der Waals surface area contributed by atoms with Crippen LogP contribution in [0.1, 0.15) is 32.5 Å². The van der Waals surface area contributed by atoms with E-state index in [9.17, 15) is 4.79 Å². The molecule has 17 heavy (non-hydrogen) atoms.